The van der Waals surface area contributed by atoms with Gasteiger partial charge in [0.2, 0.25) is 11.8 Å². The number of alkyl halides is 6. The highest BCUT2D eigenvalue weighted by molar-refractivity contribution is 6.04. The number of hydrogen-bond donors (Lipinski definition) is 3. The van der Waals surface area contributed by atoms with Crippen LogP contribution < -0.4 is 20.1 Å². The van der Waals surface area contributed by atoms with Crippen molar-refractivity contribution >= 4 is 17.4 Å². The van der Waals surface area contributed by atoms with Crippen LogP contribution in [0, 0.1) is 0 Å². The highest BCUT2D eigenvalue weighted by Gasteiger charge is 2.59. The number of aliphatic hydroxyl groups excluding tert-OH is 1. The summed E-state index contributed by atoms with van der Waals surface area (Å²) in [4.78, 5) is 28.8. The molecule has 3 N–H and O–H groups in total. The molecule has 0 spiro atoms. The Hall–Kier alpha value is -3.81. The number of pyridine rings is 1. The summed E-state index contributed by atoms with van der Waals surface area (Å²) in [5.41, 5.74) is -3.49. The predicted molar refractivity (Wildman–Crippen MR) is 126 cm³/mol. The lowest BCUT2D eigenvalue weighted by Crippen LogP contribution is -2.59. The Balaban J connectivity index is 1.98. The highest BCUT2D eigenvalue weighted by Crippen LogP contribution is 2.48. The highest BCUT2D eigenvalue weighted by atomic mass is 19.4. The van der Waals surface area contributed by atoms with Crippen LogP contribution in [0.2, 0.25) is 0 Å². The van der Waals surface area contributed by atoms with E-state index in [1.807, 2.05) is 5.32 Å². The lowest BCUT2D eigenvalue weighted by atomic mass is 9.77. The average molecular weight is 561 g/mol. The van der Waals surface area contributed by atoms with E-state index in [1.54, 1.807) is 0 Å². The van der Waals surface area contributed by atoms with E-state index in [1.165, 1.54) is 37.6 Å². The van der Waals surface area contributed by atoms with E-state index in [-0.39, 0.29) is 41.2 Å². The molecule has 212 valence electrons. The van der Waals surface area contributed by atoms with Gasteiger partial charge in [0, 0.05) is 25.0 Å². The molecule has 0 saturated heterocycles. The molecule has 1 aromatic carbocycles. The molecule has 0 bridgehead atoms. The molecular formula is C25H25F6N3O5. The van der Waals surface area contributed by atoms with E-state index in [0.29, 0.717) is 5.75 Å². The summed E-state index contributed by atoms with van der Waals surface area (Å²) >= 11 is 0. The number of halogens is 6. The van der Waals surface area contributed by atoms with E-state index in [2.05, 4.69) is 10.3 Å². The van der Waals surface area contributed by atoms with Crippen molar-refractivity contribution in [3.63, 3.8) is 0 Å². The van der Waals surface area contributed by atoms with Crippen LogP contribution in [-0.2, 0) is 15.1 Å². The second kappa shape index (κ2) is 11.9. The number of aliphatic hydroxyl groups is 1. The van der Waals surface area contributed by atoms with E-state index < -0.39 is 55.7 Å². The zero-order valence-corrected chi connectivity index (χ0v) is 20.6. The van der Waals surface area contributed by atoms with Gasteiger partial charge in [-0.05, 0) is 41.8 Å². The second-order valence-electron chi connectivity index (χ2n) is 8.60. The smallest absolute Gasteiger partial charge is 0.416 e. The molecule has 1 aliphatic heterocycles. The normalized spacial score (nSPS) is 18.0. The van der Waals surface area contributed by atoms with Crippen LogP contribution >= 0.6 is 0 Å². The zero-order valence-electron chi connectivity index (χ0n) is 20.6. The van der Waals surface area contributed by atoms with Crippen molar-refractivity contribution < 1.29 is 50.5 Å². The van der Waals surface area contributed by atoms with Crippen molar-refractivity contribution in [3.8, 4) is 11.5 Å². The second-order valence-corrected chi connectivity index (χ2v) is 8.60. The van der Waals surface area contributed by atoms with Gasteiger partial charge in [-0.25, -0.2) is 0 Å². The number of amides is 2. The molecule has 39 heavy (non-hydrogen) atoms. The summed E-state index contributed by atoms with van der Waals surface area (Å²) in [5, 5.41) is 13.3. The number of ether oxygens (including phenoxy) is 2. The summed E-state index contributed by atoms with van der Waals surface area (Å²) in [6.45, 7) is -1.64. The molecule has 8 nitrogen and oxygen atoms in total. The van der Waals surface area contributed by atoms with Crippen molar-refractivity contribution in [2.45, 2.75) is 37.2 Å². The van der Waals surface area contributed by atoms with Crippen molar-refractivity contribution in [1.82, 2.24) is 15.6 Å². The van der Waals surface area contributed by atoms with E-state index in [0.717, 1.165) is 12.1 Å². The molecule has 0 saturated carbocycles. The fourth-order valence-corrected chi connectivity index (χ4v) is 3.98. The number of rotatable bonds is 10. The third-order valence-electron chi connectivity index (χ3n) is 6.00. The molecule has 2 aromatic rings. The Morgan fingerprint density at radius 3 is 2.31 bits per heavy atom. The lowest BCUT2D eigenvalue weighted by Gasteiger charge is -2.41. The SMILES string of the molecule is COc1ccc(C2=C(CNC(=O)CO)C(=O)N[C@@](c3ccc(OCCCC(F)(F)F)cc3)(C(F)(F)F)C2)nc1. The van der Waals surface area contributed by atoms with Gasteiger partial charge in [-0.3, -0.25) is 14.6 Å². The van der Waals surface area contributed by atoms with Crippen LogP contribution in [0.15, 0.2) is 48.2 Å². The average Bonchev–Trinajstić information content (AvgIpc) is 2.89. The number of nitrogens with one attached hydrogen (secondary N) is 2. The van der Waals surface area contributed by atoms with Crippen LogP contribution in [0.4, 0.5) is 26.3 Å². The summed E-state index contributed by atoms with van der Waals surface area (Å²) in [6.07, 6.45) is -10.3. The van der Waals surface area contributed by atoms with Gasteiger partial charge in [0.15, 0.2) is 5.54 Å². The first-order valence-corrected chi connectivity index (χ1v) is 11.6. The number of methoxy groups -OCH3 is 1. The van der Waals surface area contributed by atoms with Gasteiger partial charge < -0.3 is 25.2 Å². The molecular weight excluding hydrogens is 536 g/mol. The minimum atomic E-state index is -5.00. The van der Waals surface area contributed by atoms with Crippen LogP contribution in [0.25, 0.3) is 5.57 Å². The van der Waals surface area contributed by atoms with Gasteiger partial charge in [-0.1, -0.05) is 12.1 Å². The van der Waals surface area contributed by atoms with Gasteiger partial charge in [-0.15, -0.1) is 0 Å². The standard InChI is InChI=1S/C25H25F6N3O5/c1-38-17-7-8-20(32-12-17)18-11-23(25(29,30)31,34-22(37)19(18)13-33-21(36)14-35)15-3-5-16(6-4-15)39-10-2-9-24(26,27)28/h3-8,12,35H,2,9-11,13-14H2,1H3,(H,33,36)(H,34,37)/t23-/m0/s1. The lowest BCUT2D eigenvalue weighted by molar-refractivity contribution is -0.201. The molecule has 0 aliphatic carbocycles. The fourth-order valence-electron chi connectivity index (χ4n) is 3.98. The zero-order chi connectivity index (χ0) is 28.8. The first kappa shape index (κ1) is 29.7. The van der Waals surface area contributed by atoms with Gasteiger partial charge in [0.1, 0.15) is 18.1 Å². The summed E-state index contributed by atoms with van der Waals surface area (Å²) in [5.74, 6) is -1.57. The Labute approximate surface area is 219 Å². The monoisotopic (exact) mass is 561 g/mol. The van der Waals surface area contributed by atoms with Crippen molar-refractivity contribution in [2.75, 3.05) is 26.9 Å². The fraction of sp³-hybridized carbons (Fsp3) is 0.400. The van der Waals surface area contributed by atoms with Crippen LogP contribution in [0.5, 0.6) is 11.5 Å². The number of carbonyl (C=O) groups excluding carboxylic acids is 2. The van der Waals surface area contributed by atoms with Crippen molar-refractivity contribution in [3.05, 3.63) is 59.4 Å². The third kappa shape index (κ3) is 7.19. The molecule has 1 atom stereocenters. The number of carbonyl (C=O) groups is 2. The van der Waals surface area contributed by atoms with E-state index >= 15 is 0 Å². The number of nitrogens with zero attached hydrogens (tertiary/aromatic N) is 1. The van der Waals surface area contributed by atoms with Crippen LogP contribution in [0.1, 0.15) is 30.5 Å². The topological polar surface area (TPSA) is 110 Å². The molecule has 2 heterocycles. The maximum atomic E-state index is 14.7. The predicted octanol–water partition coefficient (Wildman–Crippen LogP) is 3.65. The maximum absolute atomic E-state index is 14.7. The van der Waals surface area contributed by atoms with Gasteiger partial charge in [-0.2, -0.15) is 26.3 Å². The summed E-state index contributed by atoms with van der Waals surface area (Å²) in [6, 6.07) is 7.32. The van der Waals surface area contributed by atoms with Gasteiger partial charge >= 0.3 is 12.4 Å². The van der Waals surface area contributed by atoms with Crippen LogP contribution in [-0.4, -0.2) is 61.1 Å². The number of hydrogen-bond acceptors (Lipinski definition) is 6. The largest absolute Gasteiger partial charge is 0.495 e. The quantitative estimate of drug-likeness (QED) is 0.302. The third-order valence-corrected chi connectivity index (χ3v) is 6.00. The number of benzene rings is 1. The summed E-state index contributed by atoms with van der Waals surface area (Å²) in [7, 11) is 1.37. The Morgan fingerprint density at radius 1 is 1.10 bits per heavy atom. The Morgan fingerprint density at radius 2 is 1.77 bits per heavy atom. The molecule has 0 fully saturated rings. The molecule has 2 amide bonds. The number of aromatic nitrogens is 1. The van der Waals surface area contributed by atoms with Crippen molar-refractivity contribution in [1.29, 1.82) is 0 Å². The molecule has 0 radical (unpaired) electrons. The maximum Gasteiger partial charge on any atom is 0.416 e. The molecule has 0 unspecified atom stereocenters. The molecule has 1 aliphatic rings. The minimum absolute atomic E-state index is 0.0390. The first-order valence-electron chi connectivity index (χ1n) is 11.6. The van der Waals surface area contributed by atoms with Gasteiger partial charge in [0.05, 0.1) is 25.6 Å². The van der Waals surface area contributed by atoms with Crippen molar-refractivity contribution in [2.24, 2.45) is 0 Å². The minimum Gasteiger partial charge on any atom is -0.495 e. The Kier molecular flexibility index (Phi) is 9.10. The molecule has 14 heteroatoms. The summed E-state index contributed by atoms with van der Waals surface area (Å²) < 4.78 is 91.3. The first-order chi connectivity index (χ1) is 18.3. The van der Waals surface area contributed by atoms with E-state index in [4.69, 9.17) is 14.6 Å². The van der Waals surface area contributed by atoms with Crippen LogP contribution in [0.3, 0.4) is 0 Å². The van der Waals surface area contributed by atoms with E-state index in [9.17, 15) is 35.9 Å². The molecule has 3 rings (SSSR count). The Bertz CT molecular complexity index is 1200. The van der Waals surface area contributed by atoms with Gasteiger partial charge in [0.25, 0.3) is 0 Å². The molecule has 1 aromatic heterocycles.